The molecule has 0 bridgehead atoms. The van der Waals surface area contributed by atoms with E-state index in [1.54, 1.807) is 6.20 Å². The van der Waals surface area contributed by atoms with Crippen LogP contribution in [0.15, 0.2) is 30.5 Å². The lowest BCUT2D eigenvalue weighted by Crippen LogP contribution is -2.18. The Hall–Kier alpha value is -2.10. The quantitative estimate of drug-likeness (QED) is 0.929. The normalized spacial score (nSPS) is 15.3. The van der Waals surface area contributed by atoms with E-state index >= 15 is 0 Å². The summed E-state index contributed by atoms with van der Waals surface area (Å²) in [5, 5.41) is 7.39. The van der Waals surface area contributed by atoms with Gasteiger partial charge >= 0.3 is 0 Å². The van der Waals surface area contributed by atoms with Gasteiger partial charge in [0.25, 0.3) is 5.91 Å². The first kappa shape index (κ1) is 13.9. The second kappa shape index (κ2) is 5.72. The number of amides is 1. The molecule has 1 aliphatic carbocycles. The van der Waals surface area contributed by atoms with Gasteiger partial charge in [-0.25, -0.2) is 4.68 Å². The second-order valence-electron chi connectivity index (χ2n) is 5.87. The number of aromatic nitrogens is 2. The van der Waals surface area contributed by atoms with Crippen molar-refractivity contribution in [1.29, 1.82) is 0 Å². The van der Waals surface area contributed by atoms with Gasteiger partial charge in [-0.2, -0.15) is 5.10 Å². The van der Waals surface area contributed by atoms with Gasteiger partial charge in [0.05, 0.1) is 12.2 Å². The fourth-order valence-corrected chi connectivity index (χ4v) is 3.11. The first-order chi connectivity index (χ1) is 10.1. The Balaban J connectivity index is 1.80. The van der Waals surface area contributed by atoms with Crippen molar-refractivity contribution in [2.24, 2.45) is 0 Å². The Morgan fingerprint density at radius 2 is 2.00 bits per heavy atom. The molecular weight excluding hydrogens is 262 g/mol. The van der Waals surface area contributed by atoms with Crippen molar-refractivity contribution in [1.82, 2.24) is 9.78 Å². The largest absolute Gasteiger partial charge is 0.307 e. The second-order valence-corrected chi connectivity index (χ2v) is 5.87. The lowest BCUT2D eigenvalue weighted by molar-refractivity contribution is 0.102. The third kappa shape index (κ3) is 2.84. The average molecular weight is 283 g/mol. The predicted molar refractivity (Wildman–Crippen MR) is 83.6 cm³/mol. The monoisotopic (exact) mass is 283 g/mol. The molecule has 0 spiro atoms. The smallest absolute Gasteiger partial charge is 0.257 e. The molecule has 1 aromatic carbocycles. The van der Waals surface area contributed by atoms with Crippen LogP contribution in [-0.2, 0) is 0 Å². The maximum absolute atomic E-state index is 12.5. The minimum atomic E-state index is -0.0627. The highest BCUT2D eigenvalue weighted by Gasteiger charge is 2.21. The van der Waals surface area contributed by atoms with Crippen molar-refractivity contribution in [2.75, 3.05) is 5.32 Å². The predicted octanol–water partition coefficient (Wildman–Crippen LogP) is 3.87. The summed E-state index contributed by atoms with van der Waals surface area (Å²) in [7, 11) is 0. The van der Waals surface area contributed by atoms with E-state index < -0.39 is 0 Å². The van der Waals surface area contributed by atoms with Crippen molar-refractivity contribution in [3.8, 4) is 0 Å². The van der Waals surface area contributed by atoms with E-state index in [1.165, 1.54) is 18.4 Å². The number of rotatable bonds is 3. The van der Waals surface area contributed by atoms with Crippen molar-refractivity contribution >= 4 is 11.7 Å². The summed E-state index contributed by atoms with van der Waals surface area (Å²) in [6.07, 6.45) is 6.54. The molecule has 0 unspecified atom stereocenters. The summed E-state index contributed by atoms with van der Waals surface area (Å²) >= 11 is 0. The van der Waals surface area contributed by atoms with Crippen molar-refractivity contribution in [3.63, 3.8) is 0 Å². The SMILES string of the molecule is Cc1ccc(C(=O)Nc2ccnn2C2CCCC2)c(C)c1. The molecule has 0 atom stereocenters. The molecular formula is C17H21N3O. The van der Waals surface area contributed by atoms with Gasteiger partial charge in [-0.05, 0) is 38.3 Å². The highest BCUT2D eigenvalue weighted by molar-refractivity contribution is 6.04. The fourth-order valence-electron chi connectivity index (χ4n) is 3.11. The molecule has 0 saturated heterocycles. The van der Waals surface area contributed by atoms with Gasteiger partial charge in [0.1, 0.15) is 5.82 Å². The number of hydrogen-bond donors (Lipinski definition) is 1. The molecule has 3 rings (SSSR count). The first-order valence-electron chi connectivity index (χ1n) is 7.57. The van der Waals surface area contributed by atoms with E-state index in [9.17, 15) is 4.79 Å². The number of hydrogen-bond acceptors (Lipinski definition) is 2. The summed E-state index contributed by atoms with van der Waals surface area (Å²) in [5.41, 5.74) is 2.89. The zero-order chi connectivity index (χ0) is 14.8. The summed E-state index contributed by atoms with van der Waals surface area (Å²) in [5.74, 6) is 0.735. The number of anilines is 1. The first-order valence-corrected chi connectivity index (χ1v) is 7.57. The highest BCUT2D eigenvalue weighted by Crippen LogP contribution is 2.31. The number of carbonyl (C=O) groups is 1. The average Bonchev–Trinajstić information content (AvgIpc) is 3.08. The Morgan fingerprint density at radius 1 is 1.24 bits per heavy atom. The van der Waals surface area contributed by atoms with Gasteiger partial charge < -0.3 is 5.32 Å². The van der Waals surface area contributed by atoms with Gasteiger partial charge in [-0.3, -0.25) is 4.79 Å². The topological polar surface area (TPSA) is 46.9 Å². The molecule has 4 nitrogen and oxygen atoms in total. The van der Waals surface area contributed by atoms with Crippen LogP contribution in [0.4, 0.5) is 5.82 Å². The number of aryl methyl sites for hydroxylation is 2. The fraction of sp³-hybridized carbons (Fsp3) is 0.412. The van der Waals surface area contributed by atoms with Crippen LogP contribution in [0.1, 0.15) is 53.2 Å². The molecule has 1 amide bonds. The van der Waals surface area contributed by atoms with Crippen molar-refractivity contribution in [3.05, 3.63) is 47.2 Å². The van der Waals surface area contributed by atoms with Crippen molar-refractivity contribution in [2.45, 2.75) is 45.6 Å². The van der Waals surface area contributed by atoms with Gasteiger partial charge in [-0.1, -0.05) is 30.5 Å². The molecule has 1 fully saturated rings. The van der Waals surface area contributed by atoms with E-state index in [-0.39, 0.29) is 5.91 Å². The van der Waals surface area contributed by atoms with E-state index in [0.29, 0.717) is 6.04 Å². The Labute approximate surface area is 125 Å². The lowest BCUT2D eigenvalue weighted by atomic mass is 10.1. The Kier molecular flexibility index (Phi) is 3.78. The van der Waals surface area contributed by atoms with Crippen LogP contribution in [0, 0.1) is 13.8 Å². The van der Waals surface area contributed by atoms with E-state index in [4.69, 9.17) is 0 Å². The number of nitrogens with one attached hydrogen (secondary N) is 1. The van der Waals surface area contributed by atoms with Crippen LogP contribution < -0.4 is 5.32 Å². The number of nitrogens with zero attached hydrogens (tertiary/aromatic N) is 2. The highest BCUT2D eigenvalue weighted by atomic mass is 16.1. The maximum Gasteiger partial charge on any atom is 0.257 e. The standard InChI is InChI=1S/C17H21N3O/c1-12-7-8-15(13(2)11-12)17(21)19-16-9-10-18-20(16)14-5-3-4-6-14/h7-11,14H,3-6H2,1-2H3,(H,19,21). The molecule has 4 heteroatoms. The summed E-state index contributed by atoms with van der Waals surface area (Å²) < 4.78 is 1.97. The molecule has 2 aromatic rings. The van der Waals surface area contributed by atoms with E-state index in [0.717, 1.165) is 29.8 Å². The molecule has 110 valence electrons. The van der Waals surface area contributed by atoms with Crippen LogP contribution in [0.3, 0.4) is 0 Å². The van der Waals surface area contributed by atoms with Gasteiger partial charge in [0.2, 0.25) is 0 Å². The third-order valence-corrected chi connectivity index (χ3v) is 4.21. The molecule has 21 heavy (non-hydrogen) atoms. The van der Waals surface area contributed by atoms with Crippen LogP contribution in [0.5, 0.6) is 0 Å². The Bertz CT molecular complexity index is 654. The summed E-state index contributed by atoms with van der Waals surface area (Å²) in [6, 6.07) is 8.18. The molecule has 1 heterocycles. The van der Waals surface area contributed by atoms with Crippen LogP contribution in [0.25, 0.3) is 0 Å². The van der Waals surface area contributed by atoms with Crippen LogP contribution >= 0.6 is 0 Å². The molecule has 1 N–H and O–H groups in total. The zero-order valence-corrected chi connectivity index (χ0v) is 12.6. The zero-order valence-electron chi connectivity index (χ0n) is 12.6. The lowest BCUT2D eigenvalue weighted by Gasteiger charge is -2.15. The van der Waals surface area contributed by atoms with Crippen LogP contribution in [-0.4, -0.2) is 15.7 Å². The van der Waals surface area contributed by atoms with Crippen LogP contribution in [0.2, 0.25) is 0 Å². The van der Waals surface area contributed by atoms with Gasteiger partial charge in [-0.15, -0.1) is 0 Å². The van der Waals surface area contributed by atoms with Gasteiger partial charge in [0.15, 0.2) is 0 Å². The van der Waals surface area contributed by atoms with E-state index in [1.807, 2.05) is 42.8 Å². The molecule has 1 saturated carbocycles. The third-order valence-electron chi connectivity index (χ3n) is 4.21. The molecule has 1 aromatic heterocycles. The Morgan fingerprint density at radius 3 is 2.71 bits per heavy atom. The van der Waals surface area contributed by atoms with Gasteiger partial charge in [0, 0.05) is 11.6 Å². The summed E-state index contributed by atoms with van der Waals surface area (Å²) in [4.78, 5) is 12.5. The van der Waals surface area contributed by atoms with E-state index in [2.05, 4.69) is 10.4 Å². The minimum Gasteiger partial charge on any atom is -0.307 e. The number of benzene rings is 1. The molecule has 0 radical (unpaired) electrons. The maximum atomic E-state index is 12.5. The van der Waals surface area contributed by atoms with Crippen molar-refractivity contribution < 1.29 is 4.79 Å². The minimum absolute atomic E-state index is 0.0627. The summed E-state index contributed by atoms with van der Waals surface area (Å²) in [6.45, 7) is 4.00. The molecule has 1 aliphatic rings. The number of carbonyl (C=O) groups excluding carboxylic acids is 1. The molecule has 0 aliphatic heterocycles.